The van der Waals surface area contributed by atoms with Crippen LogP contribution >= 0.6 is 0 Å². The Balaban J connectivity index is 2.23. The highest BCUT2D eigenvalue weighted by Crippen LogP contribution is 2.56. The molecular weight excluding hydrogens is 124 g/mol. The number of hydrogen-bond acceptors (Lipinski definition) is 1. The second-order valence-electron chi connectivity index (χ2n) is 4.12. The lowest BCUT2D eigenvalue weighted by atomic mass is 9.48. The molecule has 0 aromatic carbocycles. The minimum absolute atomic E-state index is 0.301. The molecule has 0 saturated heterocycles. The van der Waals surface area contributed by atoms with Crippen LogP contribution in [0.3, 0.4) is 0 Å². The van der Waals surface area contributed by atoms with Crippen LogP contribution in [0.15, 0.2) is 0 Å². The number of Topliss-reactive ketones (excluding diaryl/α,β-unsaturated/α-hetero) is 1. The fraction of sp³-hybridized carbons (Fsp3) is 0.778. The van der Waals surface area contributed by atoms with Crippen molar-refractivity contribution in [1.82, 2.24) is 0 Å². The Morgan fingerprint density at radius 1 is 1.60 bits per heavy atom. The summed E-state index contributed by atoms with van der Waals surface area (Å²) in [6.07, 6.45) is 4.06. The molecule has 2 bridgehead atoms. The van der Waals surface area contributed by atoms with Gasteiger partial charge in [-0.1, -0.05) is 13.8 Å². The van der Waals surface area contributed by atoms with Gasteiger partial charge in [-0.15, -0.1) is 0 Å². The molecule has 2 unspecified atom stereocenters. The van der Waals surface area contributed by atoms with Gasteiger partial charge in [-0.2, -0.15) is 0 Å². The molecule has 0 N–H and O–H groups in total. The molecule has 1 heteroatoms. The molecule has 3 saturated carbocycles. The highest BCUT2D eigenvalue weighted by atomic mass is 16.1. The van der Waals surface area contributed by atoms with Crippen LogP contribution in [-0.4, -0.2) is 5.78 Å². The summed E-state index contributed by atoms with van der Waals surface area (Å²) >= 11 is 0. The van der Waals surface area contributed by atoms with Gasteiger partial charge in [0.1, 0.15) is 5.78 Å². The largest absolute Gasteiger partial charge is 0.299 e. The molecular formula is C9H13O. The van der Waals surface area contributed by atoms with E-state index in [1.54, 1.807) is 0 Å². The molecule has 1 nitrogen and oxygen atoms in total. The Kier molecular flexibility index (Phi) is 1.04. The van der Waals surface area contributed by atoms with Gasteiger partial charge in [0.2, 0.25) is 0 Å². The van der Waals surface area contributed by atoms with Crippen LogP contribution in [0.1, 0.15) is 26.7 Å². The van der Waals surface area contributed by atoms with E-state index in [0.29, 0.717) is 17.1 Å². The average Bonchev–Trinajstić information content (AvgIpc) is 1.87. The maximum absolute atomic E-state index is 11.2. The lowest BCUT2D eigenvalue weighted by Gasteiger charge is -2.55. The van der Waals surface area contributed by atoms with Gasteiger partial charge in [0.15, 0.2) is 0 Å². The van der Waals surface area contributed by atoms with E-state index in [4.69, 9.17) is 0 Å². The summed E-state index contributed by atoms with van der Waals surface area (Å²) < 4.78 is 0. The summed E-state index contributed by atoms with van der Waals surface area (Å²) in [5.74, 6) is 1.59. The lowest BCUT2D eigenvalue weighted by molar-refractivity contribution is -0.142. The van der Waals surface area contributed by atoms with Crippen molar-refractivity contribution in [3.8, 4) is 0 Å². The number of rotatable bonds is 0. The van der Waals surface area contributed by atoms with Crippen molar-refractivity contribution >= 4 is 5.78 Å². The van der Waals surface area contributed by atoms with Crippen molar-refractivity contribution in [2.45, 2.75) is 26.7 Å². The zero-order valence-corrected chi connectivity index (χ0v) is 6.55. The molecule has 3 rings (SSSR count). The fourth-order valence-corrected chi connectivity index (χ4v) is 2.31. The van der Waals surface area contributed by atoms with E-state index in [-0.39, 0.29) is 0 Å². The monoisotopic (exact) mass is 137 g/mol. The predicted molar refractivity (Wildman–Crippen MR) is 39.3 cm³/mol. The summed E-state index contributed by atoms with van der Waals surface area (Å²) in [6.45, 7) is 4.42. The topological polar surface area (TPSA) is 17.1 Å². The van der Waals surface area contributed by atoms with E-state index in [1.807, 2.05) is 0 Å². The summed E-state index contributed by atoms with van der Waals surface area (Å²) in [4.78, 5) is 11.2. The van der Waals surface area contributed by atoms with E-state index in [1.165, 1.54) is 0 Å². The predicted octanol–water partition coefficient (Wildman–Crippen LogP) is 1.83. The summed E-state index contributed by atoms with van der Waals surface area (Å²) in [5, 5.41) is 0. The van der Waals surface area contributed by atoms with Crippen molar-refractivity contribution in [2.75, 3.05) is 0 Å². The van der Waals surface area contributed by atoms with Gasteiger partial charge in [0, 0.05) is 12.3 Å². The molecule has 2 atom stereocenters. The average molecular weight is 137 g/mol. The van der Waals surface area contributed by atoms with Crippen LogP contribution < -0.4 is 0 Å². The Labute approximate surface area is 61.8 Å². The standard InChI is InChI=1S/C9H13O/c1-9(2)6-3-4-8(10)7(9)5-6/h3,6-7H,4-5H2,1-2H3. The Morgan fingerprint density at radius 2 is 2.30 bits per heavy atom. The number of fused-ring (bicyclic) bond motifs is 2. The van der Waals surface area contributed by atoms with Crippen LogP contribution in [0, 0.1) is 23.7 Å². The second kappa shape index (κ2) is 1.63. The number of hydrogen-bond donors (Lipinski definition) is 0. The number of ketones is 1. The van der Waals surface area contributed by atoms with Crippen molar-refractivity contribution in [1.29, 1.82) is 0 Å². The van der Waals surface area contributed by atoms with Gasteiger partial charge < -0.3 is 0 Å². The molecule has 0 aliphatic heterocycles. The highest BCUT2D eigenvalue weighted by molar-refractivity contribution is 5.85. The van der Waals surface area contributed by atoms with Crippen LogP contribution in [0.2, 0.25) is 0 Å². The molecule has 10 heavy (non-hydrogen) atoms. The summed E-state index contributed by atoms with van der Waals surface area (Å²) in [5.41, 5.74) is 0.301. The summed E-state index contributed by atoms with van der Waals surface area (Å²) in [6, 6.07) is 0. The van der Waals surface area contributed by atoms with Crippen molar-refractivity contribution in [3.63, 3.8) is 0 Å². The number of carbonyl (C=O) groups is 1. The zero-order valence-electron chi connectivity index (χ0n) is 6.55. The third kappa shape index (κ3) is 0.561. The first-order chi connectivity index (χ1) is 4.62. The molecule has 0 amide bonds. The first-order valence-electron chi connectivity index (χ1n) is 3.98. The smallest absolute Gasteiger partial charge is 0.136 e. The third-order valence-corrected chi connectivity index (χ3v) is 3.34. The number of carbonyl (C=O) groups excluding carboxylic acids is 1. The highest BCUT2D eigenvalue weighted by Gasteiger charge is 2.54. The Hall–Kier alpha value is -0.330. The third-order valence-electron chi connectivity index (χ3n) is 3.34. The van der Waals surface area contributed by atoms with Crippen LogP contribution in [0.5, 0.6) is 0 Å². The first-order valence-corrected chi connectivity index (χ1v) is 3.98. The van der Waals surface area contributed by atoms with E-state index in [2.05, 4.69) is 20.3 Å². The van der Waals surface area contributed by atoms with Crippen LogP contribution in [0.4, 0.5) is 0 Å². The lowest BCUT2D eigenvalue weighted by Crippen LogP contribution is -2.53. The van der Waals surface area contributed by atoms with E-state index < -0.39 is 0 Å². The molecule has 3 fully saturated rings. The molecule has 0 spiro atoms. The second-order valence-corrected chi connectivity index (χ2v) is 4.12. The van der Waals surface area contributed by atoms with Gasteiger partial charge in [-0.3, -0.25) is 4.79 Å². The van der Waals surface area contributed by atoms with E-state index in [0.717, 1.165) is 18.8 Å². The maximum atomic E-state index is 11.2. The minimum atomic E-state index is 0.301. The van der Waals surface area contributed by atoms with Gasteiger partial charge in [0.25, 0.3) is 0 Å². The first kappa shape index (κ1) is 6.38. The van der Waals surface area contributed by atoms with E-state index >= 15 is 0 Å². The molecule has 0 heterocycles. The van der Waals surface area contributed by atoms with Gasteiger partial charge in [-0.25, -0.2) is 0 Å². The molecule has 1 radical (unpaired) electrons. The Morgan fingerprint density at radius 3 is 2.60 bits per heavy atom. The molecule has 55 valence electrons. The van der Waals surface area contributed by atoms with Crippen LogP contribution in [-0.2, 0) is 4.79 Å². The SMILES string of the molecule is CC1(C)C2[CH]CC(=O)C1C2. The van der Waals surface area contributed by atoms with Gasteiger partial charge in [0.05, 0.1) is 0 Å². The fourth-order valence-electron chi connectivity index (χ4n) is 2.31. The normalized spacial score (nSPS) is 42.8. The molecule has 0 aromatic rings. The Bertz CT molecular complexity index is 179. The van der Waals surface area contributed by atoms with E-state index in [9.17, 15) is 4.79 Å². The van der Waals surface area contributed by atoms with Crippen LogP contribution in [0.25, 0.3) is 0 Å². The molecule has 0 aromatic heterocycles. The maximum Gasteiger partial charge on any atom is 0.136 e. The minimum Gasteiger partial charge on any atom is -0.299 e. The zero-order chi connectivity index (χ0) is 7.35. The molecule has 3 aliphatic rings. The van der Waals surface area contributed by atoms with Crippen molar-refractivity contribution in [3.05, 3.63) is 6.42 Å². The summed E-state index contributed by atoms with van der Waals surface area (Å²) in [7, 11) is 0. The van der Waals surface area contributed by atoms with Gasteiger partial charge >= 0.3 is 0 Å². The quantitative estimate of drug-likeness (QED) is 0.497. The van der Waals surface area contributed by atoms with Crippen molar-refractivity contribution in [2.24, 2.45) is 17.3 Å². The van der Waals surface area contributed by atoms with Gasteiger partial charge in [-0.05, 0) is 24.2 Å². The van der Waals surface area contributed by atoms with Crippen molar-refractivity contribution < 1.29 is 4.79 Å². The molecule has 3 aliphatic carbocycles.